The van der Waals surface area contributed by atoms with E-state index < -0.39 is 0 Å². The molecule has 3 unspecified atom stereocenters. The first-order valence-electron chi connectivity index (χ1n) is 10.1. The van der Waals surface area contributed by atoms with Crippen LogP contribution in [0.5, 0.6) is 0 Å². The van der Waals surface area contributed by atoms with Crippen LogP contribution in [0.15, 0.2) is 24.3 Å². The average Bonchev–Trinajstić information content (AvgIpc) is 3.18. The number of aryl methyl sites for hydroxylation is 1. The molecule has 2 amide bonds. The minimum atomic E-state index is -0.200. The zero-order chi connectivity index (χ0) is 18.1. The van der Waals surface area contributed by atoms with E-state index in [-0.39, 0.29) is 30.1 Å². The number of halogens is 1. The molecule has 148 valence electrons. The van der Waals surface area contributed by atoms with Gasteiger partial charge in [0.1, 0.15) is 0 Å². The number of likely N-dealkylation sites (tertiary alicyclic amines) is 1. The normalized spacial score (nSPS) is 27.4. The van der Waals surface area contributed by atoms with Crippen LogP contribution in [0.25, 0.3) is 0 Å². The number of benzene rings is 1. The van der Waals surface area contributed by atoms with Gasteiger partial charge in [0.15, 0.2) is 0 Å². The number of rotatable bonds is 4. The number of amides is 2. The molecule has 4 rings (SSSR count). The van der Waals surface area contributed by atoms with Crippen molar-refractivity contribution >= 4 is 29.9 Å². The Balaban J connectivity index is 0.00000210. The third-order valence-electron chi connectivity index (χ3n) is 6.10. The second-order valence-corrected chi connectivity index (χ2v) is 8.03. The van der Waals surface area contributed by atoms with Crippen molar-refractivity contribution in [3.05, 3.63) is 29.8 Å². The number of hydrogen-bond acceptors (Lipinski definition) is 3. The van der Waals surface area contributed by atoms with E-state index in [9.17, 15) is 9.59 Å². The third-order valence-corrected chi connectivity index (χ3v) is 6.10. The lowest BCUT2D eigenvalue weighted by atomic mass is 10.0. The van der Waals surface area contributed by atoms with E-state index in [0.717, 1.165) is 44.5 Å². The van der Waals surface area contributed by atoms with Crippen LogP contribution in [0.2, 0.25) is 0 Å². The van der Waals surface area contributed by atoms with Crippen LogP contribution in [-0.2, 0) is 16.0 Å². The van der Waals surface area contributed by atoms with E-state index >= 15 is 0 Å². The van der Waals surface area contributed by atoms with E-state index in [1.165, 1.54) is 12.0 Å². The Bertz CT molecular complexity index is 679. The topological polar surface area (TPSA) is 52.7 Å². The molecule has 2 bridgehead atoms. The van der Waals surface area contributed by atoms with Crippen LogP contribution in [0.3, 0.4) is 0 Å². The van der Waals surface area contributed by atoms with Crippen molar-refractivity contribution in [2.24, 2.45) is 5.92 Å². The van der Waals surface area contributed by atoms with E-state index in [1.807, 2.05) is 17.0 Å². The summed E-state index contributed by atoms with van der Waals surface area (Å²) >= 11 is 0. The van der Waals surface area contributed by atoms with E-state index in [0.29, 0.717) is 25.0 Å². The van der Waals surface area contributed by atoms with Crippen molar-refractivity contribution in [3.8, 4) is 0 Å². The predicted octanol–water partition coefficient (Wildman–Crippen LogP) is 2.77. The van der Waals surface area contributed by atoms with Crippen LogP contribution in [0, 0.1) is 5.92 Å². The summed E-state index contributed by atoms with van der Waals surface area (Å²) in [4.78, 5) is 29.3. The summed E-state index contributed by atoms with van der Waals surface area (Å²) in [7, 11) is 0. The minimum absolute atomic E-state index is 0. The Labute approximate surface area is 167 Å². The molecule has 0 aliphatic carbocycles. The third kappa shape index (κ3) is 4.30. The van der Waals surface area contributed by atoms with Crippen molar-refractivity contribution in [1.82, 2.24) is 10.2 Å². The average molecular weight is 392 g/mol. The van der Waals surface area contributed by atoms with Crippen molar-refractivity contribution in [1.29, 1.82) is 0 Å². The molecular weight excluding hydrogens is 362 g/mol. The summed E-state index contributed by atoms with van der Waals surface area (Å²) in [6.07, 6.45) is 5.94. The highest BCUT2D eigenvalue weighted by molar-refractivity contribution is 6.00. The number of hydrogen-bond donors (Lipinski definition) is 1. The molecule has 3 aliphatic rings. The first kappa shape index (κ1) is 20.2. The second kappa shape index (κ2) is 8.61. The summed E-state index contributed by atoms with van der Waals surface area (Å²) in [5, 5.41) is 3.62. The summed E-state index contributed by atoms with van der Waals surface area (Å²) in [5.74, 6) is 0.0355. The Morgan fingerprint density at radius 3 is 2.59 bits per heavy atom. The van der Waals surface area contributed by atoms with Crippen LogP contribution in [0.4, 0.5) is 5.69 Å². The quantitative estimate of drug-likeness (QED) is 0.858. The maximum absolute atomic E-state index is 13.0. The summed E-state index contributed by atoms with van der Waals surface area (Å²) < 4.78 is 0. The summed E-state index contributed by atoms with van der Waals surface area (Å²) in [5.41, 5.74) is 2.21. The van der Waals surface area contributed by atoms with Gasteiger partial charge in [-0.2, -0.15) is 0 Å². The van der Waals surface area contributed by atoms with Crippen LogP contribution >= 0.6 is 12.4 Å². The lowest BCUT2D eigenvalue weighted by Crippen LogP contribution is -2.42. The van der Waals surface area contributed by atoms with Crippen molar-refractivity contribution in [3.63, 3.8) is 0 Å². The van der Waals surface area contributed by atoms with Crippen molar-refractivity contribution in [2.75, 3.05) is 24.5 Å². The van der Waals surface area contributed by atoms with Crippen molar-refractivity contribution < 1.29 is 9.59 Å². The fourth-order valence-electron chi connectivity index (χ4n) is 4.66. The fourth-order valence-corrected chi connectivity index (χ4v) is 4.66. The number of anilines is 1. The number of carbonyl (C=O) groups is 2. The molecular formula is C21H30ClN3O2. The molecule has 3 aliphatic heterocycles. The molecule has 3 fully saturated rings. The molecule has 0 radical (unpaired) electrons. The summed E-state index contributed by atoms with van der Waals surface area (Å²) in [6.45, 7) is 4.30. The molecule has 1 N–H and O–H groups in total. The first-order valence-corrected chi connectivity index (χ1v) is 10.1. The standard InChI is InChI=1S/C21H29N3O2.ClH/c1-2-3-15-4-8-19(9-5-15)24-13-16(12-20(24)25)21(26)23-11-10-17-6-7-18(14-23)22-17;/h4-5,8-9,16-18,22H,2-3,6-7,10-14H2,1H3;1H. The maximum Gasteiger partial charge on any atom is 0.228 e. The zero-order valence-corrected chi connectivity index (χ0v) is 16.8. The molecule has 0 aromatic heterocycles. The monoisotopic (exact) mass is 391 g/mol. The van der Waals surface area contributed by atoms with E-state index in [4.69, 9.17) is 0 Å². The molecule has 1 aromatic carbocycles. The van der Waals surface area contributed by atoms with Crippen LogP contribution in [0.1, 0.15) is 44.6 Å². The molecule has 27 heavy (non-hydrogen) atoms. The highest BCUT2D eigenvalue weighted by atomic mass is 35.5. The van der Waals surface area contributed by atoms with Gasteiger partial charge in [0.05, 0.1) is 5.92 Å². The highest BCUT2D eigenvalue weighted by Gasteiger charge is 2.39. The molecule has 3 heterocycles. The van der Waals surface area contributed by atoms with Gasteiger partial charge in [0, 0.05) is 43.8 Å². The van der Waals surface area contributed by atoms with Crippen molar-refractivity contribution in [2.45, 2.75) is 57.5 Å². The van der Waals surface area contributed by atoms with Crippen LogP contribution in [-0.4, -0.2) is 48.4 Å². The molecule has 5 nitrogen and oxygen atoms in total. The molecule has 3 atom stereocenters. The van der Waals surface area contributed by atoms with Gasteiger partial charge in [-0.1, -0.05) is 25.5 Å². The van der Waals surface area contributed by atoms with Gasteiger partial charge in [-0.3, -0.25) is 9.59 Å². The lowest BCUT2D eigenvalue weighted by molar-refractivity contribution is -0.136. The van der Waals surface area contributed by atoms with E-state index in [2.05, 4.69) is 24.4 Å². The van der Waals surface area contributed by atoms with Gasteiger partial charge < -0.3 is 15.1 Å². The predicted molar refractivity (Wildman–Crippen MR) is 109 cm³/mol. The number of fused-ring (bicyclic) bond motifs is 2. The number of nitrogens with one attached hydrogen (secondary N) is 1. The summed E-state index contributed by atoms with van der Waals surface area (Å²) in [6, 6.07) is 9.23. The highest BCUT2D eigenvalue weighted by Crippen LogP contribution is 2.28. The van der Waals surface area contributed by atoms with Gasteiger partial charge in [0.25, 0.3) is 0 Å². The Kier molecular flexibility index (Phi) is 6.43. The minimum Gasteiger partial charge on any atom is -0.341 e. The SMILES string of the molecule is CCCc1ccc(N2CC(C(=O)N3CCC4CCC(C3)N4)CC2=O)cc1.Cl. The maximum atomic E-state index is 13.0. The first-order chi connectivity index (χ1) is 12.6. The van der Waals surface area contributed by atoms with Gasteiger partial charge in [0.2, 0.25) is 11.8 Å². The smallest absolute Gasteiger partial charge is 0.228 e. The van der Waals surface area contributed by atoms with Gasteiger partial charge in [-0.05, 0) is 43.4 Å². The number of carbonyl (C=O) groups excluding carboxylic acids is 2. The molecule has 0 saturated carbocycles. The fraction of sp³-hybridized carbons (Fsp3) is 0.619. The molecule has 3 saturated heterocycles. The number of nitrogens with zero attached hydrogens (tertiary/aromatic N) is 2. The van der Waals surface area contributed by atoms with Gasteiger partial charge >= 0.3 is 0 Å². The van der Waals surface area contributed by atoms with Crippen LogP contribution < -0.4 is 10.2 Å². The molecule has 1 aromatic rings. The lowest BCUT2D eigenvalue weighted by Gasteiger charge is -2.27. The van der Waals surface area contributed by atoms with Gasteiger partial charge in [-0.15, -0.1) is 12.4 Å². The molecule has 6 heteroatoms. The Hall–Kier alpha value is -1.59. The van der Waals surface area contributed by atoms with E-state index in [1.54, 1.807) is 4.90 Å². The largest absolute Gasteiger partial charge is 0.341 e. The van der Waals surface area contributed by atoms with Gasteiger partial charge in [-0.25, -0.2) is 0 Å². The molecule has 0 spiro atoms. The second-order valence-electron chi connectivity index (χ2n) is 8.03. The zero-order valence-electron chi connectivity index (χ0n) is 16.0. The Morgan fingerprint density at radius 2 is 1.85 bits per heavy atom. The Morgan fingerprint density at radius 1 is 1.11 bits per heavy atom.